The lowest BCUT2D eigenvalue weighted by Crippen LogP contribution is -2.35. The lowest BCUT2D eigenvalue weighted by atomic mass is 10.1. The Kier molecular flexibility index (Phi) is 1.39. The molecule has 1 unspecified atom stereocenters. The lowest BCUT2D eigenvalue weighted by molar-refractivity contribution is 0.198. The van der Waals surface area contributed by atoms with Gasteiger partial charge in [0.2, 0.25) is 0 Å². The molecule has 1 aliphatic heterocycles. The van der Waals surface area contributed by atoms with Gasteiger partial charge in [-0.3, -0.25) is 4.90 Å². The highest BCUT2D eigenvalue weighted by atomic mass is 15.3. The Morgan fingerprint density at radius 1 is 1.00 bits per heavy atom. The van der Waals surface area contributed by atoms with Gasteiger partial charge in [-0.1, -0.05) is 13.8 Å². The topological polar surface area (TPSA) is 3.24 Å². The molecule has 1 saturated carbocycles. The number of rotatable bonds is 1. The van der Waals surface area contributed by atoms with Gasteiger partial charge in [-0.25, -0.2) is 0 Å². The van der Waals surface area contributed by atoms with Crippen LogP contribution in [0.25, 0.3) is 0 Å². The Balaban J connectivity index is 2.06. The van der Waals surface area contributed by atoms with Crippen molar-refractivity contribution in [2.24, 2.45) is 5.41 Å². The maximum absolute atomic E-state index is 2.69. The molecule has 0 spiro atoms. The second kappa shape index (κ2) is 2.01. The molecule has 0 amide bonds. The Hall–Kier alpha value is -0.0400. The summed E-state index contributed by atoms with van der Waals surface area (Å²) in [7, 11) is 0. The largest absolute Gasteiger partial charge is 0.297 e. The molecule has 2 aliphatic rings. The van der Waals surface area contributed by atoms with E-state index in [1.54, 1.807) is 0 Å². The fourth-order valence-electron chi connectivity index (χ4n) is 2.57. The molecule has 64 valence electrons. The maximum atomic E-state index is 2.69. The minimum atomic E-state index is 0.559. The van der Waals surface area contributed by atoms with Crippen LogP contribution in [-0.4, -0.2) is 23.5 Å². The zero-order valence-electron chi connectivity index (χ0n) is 7.98. The van der Waals surface area contributed by atoms with Gasteiger partial charge in [0.25, 0.3) is 0 Å². The van der Waals surface area contributed by atoms with Crippen LogP contribution in [0.2, 0.25) is 0 Å². The van der Waals surface area contributed by atoms with Crippen LogP contribution in [0, 0.1) is 5.41 Å². The van der Waals surface area contributed by atoms with E-state index in [1.165, 1.54) is 32.4 Å². The van der Waals surface area contributed by atoms with Gasteiger partial charge >= 0.3 is 0 Å². The van der Waals surface area contributed by atoms with Crippen LogP contribution in [0.3, 0.4) is 0 Å². The van der Waals surface area contributed by atoms with Crippen molar-refractivity contribution >= 4 is 0 Å². The SMILES string of the molecule is CC1(C)CC1(C)N1CCCC1. The Morgan fingerprint density at radius 2 is 1.45 bits per heavy atom. The minimum Gasteiger partial charge on any atom is -0.297 e. The summed E-state index contributed by atoms with van der Waals surface area (Å²) in [6, 6.07) is 0. The second-order valence-corrected chi connectivity index (χ2v) is 5.03. The quantitative estimate of drug-likeness (QED) is 0.558. The van der Waals surface area contributed by atoms with Crippen molar-refractivity contribution < 1.29 is 0 Å². The highest BCUT2D eigenvalue weighted by molar-refractivity contribution is 5.15. The molecule has 2 fully saturated rings. The fourth-order valence-corrected chi connectivity index (χ4v) is 2.57. The number of hydrogen-bond acceptors (Lipinski definition) is 1. The Morgan fingerprint density at radius 3 is 1.82 bits per heavy atom. The zero-order chi connectivity index (χ0) is 8.11. The first-order valence-corrected chi connectivity index (χ1v) is 4.81. The van der Waals surface area contributed by atoms with Gasteiger partial charge in [-0.05, 0) is 44.7 Å². The Labute approximate surface area is 69.8 Å². The molecule has 2 rings (SSSR count). The first-order chi connectivity index (χ1) is 5.06. The third-order valence-corrected chi connectivity index (χ3v) is 3.92. The van der Waals surface area contributed by atoms with Crippen molar-refractivity contribution in [2.45, 2.75) is 45.6 Å². The molecule has 1 heteroatoms. The molecule has 0 radical (unpaired) electrons. The van der Waals surface area contributed by atoms with E-state index in [0.717, 1.165) is 0 Å². The van der Waals surface area contributed by atoms with Crippen LogP contribution >= 0.6 is 0 Å². The van der Waals surface area contributed by atoms with Crippen molar-refractivity contribution in [3.63, 3.8) is 0 Å². The fraction of sp³-hybridized carbons (Fsp3) is 1.00. The van der Waals surface area contributed by atoms with Crippen LogP contribution in [0.15, 0.2) is 0 Å². The van der Waals surface area contributed by atoms with Gasteiger partial charge in [0, 0.05) is 5.54 Å². The molecule has 0 N–H and O–H groups in total. The molecule has 0 aromatic heterocycles. The van der Waals surface area contributed by atoms with Crippen LogP contribution in [0.4, 0.5) is 0 Å². The summed E-state index contributed by atoms with van der Waals surface area (Å²) in [5.74, 6) is 0. The maximum Gasteiger partial charge on any atom is 0.0238 e. The van der Waals surface area contributed by atoms with Crippen molar-refractivity contribution in [3.8, 4) is 0 Å². The number of hydrogen-bond donors (Lipinski definition) is 0. The van der Waals surface area contributed by atoms with Gasteiger partial charge in [-0.15, -0.1) is 0 Å². The average Bonchev–Trinajstić information content (AvgIpc) is 2.36. The number of nitrogens with zero attached hydrogens (tertiary/aromatic N) is 1. The van der Waals surface area contributed by atoms with E-state index in [-0.39, 0.29) is 0 Å². The summed E-state index contributed by atoms with van der Waals surface area (Å²) >= 11 is 0. The molecule has 1 atom stereocenters. The van der Waals surface area contributed by atoms with Gasteiger partial charge in [0.1, 0.15) is 0 Å². The molecule has 11 heavy (non-hydrogen) atoms. The monoisotopic (exact) mass is 153 g/mol. The van der Waals surface area contributed by atoms with Crippen molar-refractivity contribution in [2.75, 3.05) is 13.1 Å². The van der Waals surface area contributed by atoms with Crippen LogP contribution in [0.1, 0.15) is 40.0 Å². The summed E-state index contributed by atoms with van der Waals surface area (Å²) in [6.45, 7) is 9.91. The Bertz CT molecular complexity index is 168. The van der Waals surface area contributed by atoms with Crippen LogP contribution < -0.4 is 0 Å². The third-order valence-electron chi connectivity index (χ3n) is 3.92. The summed E-state index contributed by atoms with van der Waals surface area (Å²) < 4.78 is 0. The molecule has 1 saturated heterocycles. The van der Waals surface area contributed by atoms with Gasteiger partial charge in [0.05, 0.1) is 0 Å². The second-order valence-electron chi connectivity index (χ2n) is 5.03. The first-order valence-electron chi connectivity index (χ1n) is 4.81. The van der Waals surface area contributed by atoms with E-state index in [4.69, 9.17) is 0 Å². The van der Waals surface area contributed by atoms with E-state index in [1.807, 2.05) is 0 Å². The van der Waals surface area contributed by atoms with Gasteiger partial charge in [0.15, 0.2) is 0 Å². The van der Waals surface area contributed by atoms with Gasteiger partial charge in [-0.2, -0.15) is 0 Å². The normalized spacial score (nSPS) is 42.8. The third kappa shape index (κ3) is 0.936. The van der Waals surface area contributed by atoms with E-state index in [2.05, 4.69) is 25.7 Å². The lowest BCUT2D eigenvalue weighted by Gasteiger charge is -2.27. The van der Waals surface area contributed by atoms with Crippen molar-refractivity contribution in [3.05, 3.63) is 0 Å². The summed E-state index contributed by atoms with van der Waals surface area (Å²) in [4.78, 5) is 2.69. The molecule has 1 aliphatic carbocycles. The molecular weight excluding hydrogens is 134 g/mol. The molecule has 0 bridgehead atoms. The molecule has 1 heterocycles. The molecule has 1 nitrogen and oxygen atoms in total. The first kappa shape index (κ1) is 7.60. The predicted octanol–water partition coefficient (Wildman–Crippen LogP) is 2.27. The summed E-state index contributed by atoms with van der Waals surface area (Å²) in [6.07, 6.45) is 4.25. The highest BCUT2D eigenvalue weighted by Gasteiger charge is 2.60. The van der Waals surface area contributed by atoms with Crippen molar-refractivity contribution in [1.29, 1.82) is 0 Å². The summed E-state index contributed by atoms with van der Waals surface area (Å²) in [5, 5.41) is 0. The van der Waals surface area contributed by atoms with Crippen LogP contribution in [-0.2, 0) is 0 Å². The van der Waals surface area contributed by atoms with Crippen molar-refractivity contribution in [1.82, 2.24) is 4.90 Å². The summed E-state index contributed by atoms with van der Waals surface area (Å²) in [5.41, 5.74) is 1.15. The highest BCUT2D eigenvalue weighted by Crippen LogP contribution is 2.59. The molecular formula is C10H19N. The molecule has 0 aromatic carbocycles. The predicted molar refractivity (Wildman–Crippen MR) is 47.6 cm³/mol. The zero-order valence-corrected chi connectivity index (χ0v) is 7.98. The smallest absolute Gasteiger partial charge is 0.0238 e. The standard InChI is InChI=1S/C10H19N/c1-9(2)8-10(9,3)11-6-4-5-7-11/h4-8H2,1-3H3. The van der Waals surface area contributed by atoms with E-state index < -0.39 is 0 Å². The van der Waals surface area contributed by atoms with E-state index in [0.29, 0.717) is 11.0 Å². The van der Waals surface area contributed by atoms with E-state index in [9.17, 15) is 0 Å². The number of likely N-dealkylation sites (tertiary alicyclic amines) is 1. The van der Waals surface area contributed by atoms with E-state index >= 15 is 0 Å². The average molecular weight is 153 g/mol. The van der Waals surface area contributed by atoms with Crippen LogP contribution in [0.5, 0.6) is 0 Å². The van der Waals surface area contributed by atoms with Gasteiger partial charge < -0.3 is 0 Å². The minimum absolute atomic E-state index is 0.559. The molecule has 0 aromatic rings.